The van der Waals surface area contributed by atoms with Gasteiger partial charge in [-0.15, -0.1) is 5.10 Å². The van der Waals surface area contributed by atoms with Crippen LogP contribution in [0.25, 0.3) is 0 Å². The van der Waals surface area contributed by atoms with E-state index < -0.39 is 5.72 Å². The molecule has 0 spiro atoms. The van der Waals surface area contributed by atoms with E-state index in [4.69, 9.17) is 4.74 Å². The summed E-state index contributed by atoms with van der Waals surface area (Å²) in [6.07, 6.45) is 3.31. The zero-order chi connectivity index (χ0) is 11.8. The van der Waals surface area contributed by atoms with Gasteiger partial charge < -0.3 is 4.74 Å². The van der Waals surface area contributed by atoms with Crippen molar-refractivity contribution in [3.63, 3.8) is 0 Å². The Labute approximate surface area is 93.7 Å². The molecule has 1 aromatic rings. The summed E-state index contributed by atoms with van der Waals surface area (Å²) in [7, 11) is 0. The molecule has 16 heavy (non-hydrogen) atoms. The van der Waals surface area contributed by atoms with E-state index in [-0.39, 0.29) is 5.91 Å². The zero-order valence-electron chi connectivity index (χ0n) is 9.47. The van der Waals surface area contributed by atoms with Crippen molar-refractivity contribution in [1.29, 1.82) is 0 Å². The van der Waals surface area contributed by atoms with Gasteiger partial charge in [0.1, 0.15) is 0 Å². The highest BCUT2D eigenvalue weighted by atomic mass is 16.5. The Balaban J connectivity index is 2.33. The van der Waals surface area contributed by atoms with E-state index in [0.717, 1.165) is 5.56 Å². The van der Waals surface area contributed by atoms with Crippen molar-refractivity contribution in [1.82, 2.24) is 9.99 Å². The van der Waals surface area contributed by atoms with Crippen LogP contribution in [-0.2, 0) is 9.53 Å². The fourth-order valence-electron chi connectivity index (χ4n) is 1.57. The number of amides is 1. The topological polar surface area (TPSA) is 54.8 Å². The molecule has 0 radical (unpaired) electrons. The summed E-state index contributed by atoms with van der Waals surface area (Å²) in [6.45, 7) is 5.06. The van der Waals surface area contributed by atoms with E-state index in [1.54, 1.807) is 38.4 Å². The maximum Gasteiger partial charge on any atom is 0.243 e. The van der Waals surface area contributed by atoms with Crippen LogP contribution in [0.5, 0.6) is 0 Å². The fourth-order valence-corrected chi connectivity index (χ4v) is 1.57. The second-order valence-corrected chi connectivity index (χ2v) is 4.02. The molecular formula is C11H13N3O2. The molecule has 0 N–H and O–H groups in total. The van der Waals surface area contributed by atoms with Gasteiger partial charge in [0.25, 0.3) is 0 Å². The molecule has 5 heteroatoms. The number of hydrogen-bond donors (Lipinski definition) is 0. The van der Waals surface area contributed by atoms with Crippen molar-refractivity contribution >= 4 is 11.8 Å². The normalized spacial score (nSPS) is 17.9. The summed E-state index contributed by atoms with van der Waals surface area (Å²) >= 11 is 0. The predicted octanol–water partition coefficient (Wildman–Crippen LogP) is 1.36. The first-order valence-corrected chi connectivity index (χ1v) is 4.99. The third kappa shape index (κ3) is 1.76. The smallest absolute Gasteiger partial charge is 0.243 e. The monoisotopic (exact) mass is 219 g/mol. The third-order valence-electron chi connectivity index (χ3n) is 2.27. The molecule has 2 rings (SSSR count). The van der Waals surface area contributed by atoms with Gasteiger partial charge in [0.15, 0.2) is 0 Å². The number of nitrogens with zero attached hydrogens (tertiary/aromatic N) is 3. The lowest BCUT2D eigenvalue weighted by Gasteiger charge is -2.25. The largest absolute Gasteiger partial charge is 0.448 e. The third-order valence-corrected chi connectivity index (χ3v) is 2.27. The lowest BCUT2D eigenvalue weighted by atomic mass is 10.2. The summed E-state index contributed by atoms with van der Waals surface area (Å²) in [5.41, 5.74) is 0.0802. The van der Waals surface area contributed by atoms with Gasteiger partial charge in [0.05, 0.1) is 0 Å². The molecule has 5 nitrogen and oxygen atoms in total. The molecule has 1 amide bonds. The van der Waals surface area contributed by atoms with Crippen LogP contribution < -0.4 is 0 Å². The van der Waals surface area contributed by atoms with Crippen LogP contribution >= 0.6 is 0 Å². The van der Waals surface area contributed by atoms with Crippen LogP contribution in [0.4, 0.5) is 0 Å². The second-order valence-electron chi connectivity index (χ2n) is 4.02. The Morgan fingerprint density at radius 2 is 2.00 bits per heavy atom. The zero-order valence-corrected chi connectivity index (χ0v) is 9.47. The number of carbonyl (C=O) groups excluding carboxylic acids is 1. The van der Waals surface area contributed by atoms with Crippen LogP contribution in [0.1, 0.15) is 26.3 Å². The number of hydrogen-bond acceptors (Lipinski definition) is 4. The van der Waals surface area contributed by atoms with Crippen LogP contribution in [0.3, 0.4) is 0 Å². The molecule has 84 valence electrons. The number of aromatic nitrogens is 1. The van der Waals surface area contributed by atoms with E-state index >= 15 is 0 Å². The van der Waals surface area contributed by atoms with E-state index in [1.165, 1.54) is 11.9 Å². The molecule has 2 heterocycles. The van der Waals surface area contributed by atoms with Gasteiger partial charge in [-0.05, 0) is 26.0 Å². The Morgan fingerprint density at radius 1 is 1.38 bits per heavy atom. The van der Waals surface area contributed by atoms with Gasteiger partial charge in [-0.25, -0.2) is 0 Å². The fraction of sp³-hybridized carbons (Fsp3) is 0.364. The van der Waals surface area contributed by atoms with E-state index in [2.05, 4.69) is 10.1 Å². The van der Waals surface area contributed by atoms with Gasteiger partial charge in [-0.3, -0.25) is 9.78 Å². The number of hydrazone groups is 1. The van der Waals surface area contributed by atoms with Crippen molar-refractivity contribution < 1.29 is 9.53 Å². The molecular weight excluding hydrogens is 206 g/mol. The number of rotatable bonds is 1. The Bertz CT molecular complexity index is 440. The molecule has 1 aliphatic heterocycles. The molecule has 1 aliphatic rings. The molecule has 0 fully saturated rings. The summed E-state index contributed by atoms with van der Waals surface area (Å²) in [5, 5.41) is 5.50. The standard InChI is InChI=1S/C11H13N3O2/c1-8(15)14-11(2,3)16-10(13-14)9-4-6-12-7-5-9/h4-7H,1-3H3. The first-order chi connectivity index (χ1) is 7.50. The van der Waals surface area contributed by atoms with Crippen molar-refractivity contribution in [3.8, 4) is 0 Å². The van der Waals surface area contributed by atoms with Crippen LogP contribution in [0.2, 0.25) is 0 Å². The summed E-state index contributed by atoms with van der Waals surface area (Å²) < 4.78 is 5.64. The Kier molecular flexibility index (Phi) is 2.38. The minimum Gasteiger partial charge on any atom is -0.448 e. The summed E-state index contributed by atoms with van der Waals surface area (Å²) in [4.78, 5) is 15.3. The summed E-state index contributed by atoms with van der Waals surface area (Å²) in [6, 6.07) is 3.58. The van der Waals surface area contributed by atoms with Gasteiger partial charge in [-0.2, -0.15) is 5.01 Å². The highest BCUT2D eigenvalue weighted by molar-refractivity contribution is 5.96. The number of carbonyl (C=O) groups is 1. The molecule has 1 aromatic heterocycles. The molecule has 0 bridgehead atoms. The van der Waals surface area contributed by atoms with Crippen molar-refractivity contribution in [2.75, 3.05) is 0 Å². The average molecular weight is 219 g/mol. The maximum absolute atomic E-state index is 11.4. The average Bonchev–Trinajstić information content (AvgIpc) is 2.56. The molecule has 0 aliphatic carbocycles. The quantitative estimate of drug-likeness (QED) is 0.716. The van der Waals surface area contributed by atoms with Crippen molar-refractivity contribution in [3.05, 3.63) is 30.1 Å². The highest BCUT2D eigenvalue weighted by Gasteiger charge is 2.38. The molecule has 0 aromatic carbocycles. The Morgan fingerprint density at radius 3 is 2.50 bits per heavy atom. The van der Waals surface area contributed by atoms with Gasteiger partial charge >= 0.3 is 0 Å². The van der Waals surface area contributed by atoms with Gasteiger partial charge in [0, 0.05) is 24.9 Å². The maximum atomic E-state index is 11.4. The molecule has 0 atom stereocenters. The minimum absolute atomic E-state index is 0.144. The highest BCUT2D eigenvalue weighted by Crippen LogP contribution is 2.26. The number of ether oxygens (including phenoxy) is 1. The van der Waals surface area contributed by atoms with Crippen molar-refractivity contribution in [2.24, 2.45) is 5.10 Å². The SMILES string of the molecule is CC(=O)N1N=C(c2ccncc2)OC1(C)C. The van der Waals surface area contributed by atoms with Gasteiger partial charge in [0.2, 0.25) is 17.5 Å². The minimum atomic E-state index is -0.732. The van der Waals surface area contributed by atoms with E-state index in [1.807, 2.05) is 0 Å². The van der Waals surface area contributed by atoms with Crippen LogP contribution in [0, 0.1) is 0 Å². The van der Waals surface area contributed by atoms with E-state index in [0.29, 0.717) is 5.90 Å². The van der Waals surface area contributed by atoms with Crippen LogP contribution in [-0.4, -0.2) is 27.5 Å². The summed E-state index contributed by atoms with van der Waals surface area (Å²) in [5.74, 6) is 0.302. The Hall–Kier alpha value is -1.91. The van der Waals surface area contributed by atoms with Crippen molar-refractivity contribution in [2.45, 2.75) is 26.5 Å². The lowest BCUT2D eigenvalue weighted by Crippen LogP contribution is -2.41. The van der Waals surface area contributed by atoms with Crippen LogP contribution in [0.15, 0.2) is 29.6 Å². The lowest BCUT2D eigenvalue weighted by molar-refractivity contribution is -0.142. The van der Waals surface area contributed by atoms with Gasteiger partial charge in [-0.1, -0.05) is 0 Å². The molecule has 0 saturated carbocycles. The molecule has 0 saturated heterocycles. The molecule has 0 unspecified atom stereocenters. The first-order valence-electron chi connectivity index (χ1n) is 4.99. The van der Waals surface area contributed by atoms with E-state index in [9.17, 15) is 4.79 Å². The first kappa shape index (κ1) is 10.6. The number of pyridine rings is 1. The second kappa shape index (κ2) is 3.59. The predicted molar refractivity (Wildman–Crippen MR) is 58.5 cm³/mol.